The van der Waals surface area contributed by atoms with E-state index in [0.29, 0.717) is 6.54 Å². The minimum atomic E-state index is 0.0236. The van der Waals surface area contributed by atoms with Gasteiger partial charge in [-0.25, -0.2) is 0 Å². The van der Waals surface area contributed by atoms with Crippen molar-refractivity contribution >= 4 is 0 Å². The summed E-state index contributed by atoms with van der Waals surface area (Å²) in [6.07, 6.45) is 0.891. The van der Waals surface area contributed by atoms with Crippen LogP contribution in [-0.4, -0.2) is 16.3 Å². The van der Waals surface area contributed by atoms with E-state index in [1.54, 1.807) is 0 Å². The molecular formula is C13H15N3O. The van der Waals surface area contributed by atoms with E-state index in [4.69, 9.17) is 0 Å². The lowest BCUT2D eigenvalue weighted by Gasteiger charge is -2.16. The van der Waals surface area contributed by atoms with Crippen LogP contribution in [0.15, 0.2) is 29.1 Å². The molecule has 3 rings (SSSR count). The highest BCUT2D eigenvalue weighted by molar-refractivity contribution is 5.42. The van der Waals surface area contributed by atoms with Gasteiger partial charge in [-0.3, -0.25) is 14.6 Å². The Bertz CT molecular complexity index is 609. The van der Waals surface area contributed by atoms with Gasteiger partial charge in [0.15, 0.2) is 0 Å². The molecule has 1 aliphatic heterocycles. The van der Waals surface area contributed by atoms with Crippen LogP contribution >= 0.6 is 0 Å². The molecule has 2 heterocycles. The smallest absolute Gasteiger partial charge is 0.269 e. The summed E-state index contributed by atoms with van der Waals surface area (Å²) in [5.41, 5.74) is 4.24. The van der Waals surface area contributed by atoms with Gasteiger partial charge in [0.2, 0.25) is 0 Å². The summed E-state index contributed by atoms with van der Waals surface area (Å²) in [7, 11) is 0. The summed E-state index contributed by atoms with van der Waals surface area (Å²) in [4.78, 5) is 11.9. The molecule has 0 fully saturated rings. The van der Waals surface area contributed by atoms with Crippen LogP contribution in [0.1, 0.15) is 16.8 Å². The zero-order valence-corrected chi connectivity index (χ0v) is 9.79. The third-order valence-electron chi connectivity index (χ3n) is 3.30. The predicted octanol–water partition coefficient (Wildman–Crippen LogP) is 1.12. The van der Waals surface area contributed by atoms with Crippen molar-refractivity contribution < 1.29 is 0 Å². The van der Waals surface area contributed by atoms with Crippen molar-refractivity contribution in [1.29, 1.82) is 0 Å². The average Bonchev–Trinajstić information content (AvgIpc) is 2.68. The van der Waals surface area contributed by atoms with Crippen molar-refractivity contribution in [2.75, 3.05) is 6.54 Å². The molecule has 17 heavy (non-hydrogen) atoms. The summed E-state index contributed by atoms with van der Waals surface area (Å²) in [5.74, 6) is 0. The van der Waals surface area contributed by atoms with E-state index in [-0.39, 0.29) is 5.56 Å². The zero-order chi connectivity index (χ0) is 11.8. The summed E-state index contributed by atoms with van der Waals surface area (Å²) in [6.45, 7) is 3.65. The van der Waals surface area contributed by atoms with E-state index >= 15 is 0 Å². The van der Waals surface area contributed by atoms with E-state index < -0.39 is 0 Å². The molecule has 4 nitrogen and oxygen atoms in total. The third kappa shape index (κ3) is 1.61. The normalized spacial score (nSPS) is 14.6. The second kappa shape index (κ2) is 3.89. The number of aryl methyl sites for hydroxylation is 1. The first-order valence-electron chi connectivity index (χ1n) is 5.87. The Morgan fingerprint density at radius 1 is 1.29 bits per heavy atom. The van der Waals surface area contributed by atoms with Crippen molar-refractivity contribution in [2.45, 2.75) is 19.9 Å². The van der Waals surface area contributed by atoms with Gasteiger partial charge in [-0.1, -0.05) is 18.2 Å². The van der Waals surface area contributed by atoms with Gasteiger partial charge < -0.3 is 5.32 Å². The van der Waals surface area contributed by atoms with Crippen molar-refractivity contribution in [1.82, 2.24) is 15.1 Å². The Kier molecular flexibility index (Phi) is 2.37. The first-order chi connectivity index (χ1) is 8.27. The van der Waals surface area contributed by atoms with Crippen molar-refractivity contribution in [3.8, 4) is 5.69 Å². The van der Waals surface area contributed by atoms with Crippen LogP contribution in [0.5, 0.6) is 0 Å². The second-order valence-electron chi connectivity index (χ2n) is 4.41. The minimum absolute atomic E-state index is 0.0236. The molecule has 0 atom stereocenters. The van der Waals surface area contributed by atoms with E-state index in [0.717, 1.165) is 29.9 Å². The monoisotopic (exact) mass is 229 g/mol. The molecule has 2 N–H and O–H groups in total. The SMILES string of the molecule is Cc1ccccc1-n1[nH]c(=O)c2c1CCNC2. The van der Waals surface area contributed by atoms with Gasteiger partial charge in [-0.15, -0.1) is 0 Å². The maximum Gasteiger partial charge on any atom is 0.269 e. The molecule has 0 saturated heterocycles. The molecule has 88 valence electrons. The van der Waals surface area contributed by atoms with Crippen LogP contribution < -0.4 is 10.9 Å². The highest BCUT2D eigenvalue weighted by Crippen LogP contribution is 2.17. The van der Waals surface area contributed by atoms with Gasteiger partial charge in [-0.05, 0) is 18.6 Å². The highest BCUT2D eigenvalue weighted by Gasteiger charge is 2.19. The number of hydrogen-bond donors (Lipinski definition) is 2. The number of fused-ring (bicyclic) bond motifs is 1. The largest absolute Gasteiger partial charge is 0.312 e. The van der Waals surface area contributed by atoms with Crippen LogP contribution in [-0.2, 0) is 13.0 Å². The van der Waals surface area contributed by atoms with Crippen LogP contribution in [0.3, 0.4) is 0 Å². The summed E-state index contributed by atoms with van der Waals surface area (Å²) >= 11 is 0. The molecule has 1 aliphatic rings. The van der Waals surface area contributed by atoms with Gasteiger partial charge in [0, 0.05) is 19.5 Å². The lowest BCUT2D eigenvalue weighted by atomic mass is 10.1. The van der Waals surface area contributed by atoms with Gasteiger partial charge in [-0.2, -0.15) is 0 Å². The van der Waals surface area contributed by atoms with Crippen LogP contribution in [0.2, 0.25) is 0 Å². The molecule has 0 unspecified atom stereocenters. The Labute approximate surface area is 99.3 Å². The molecule has 0 radical (unpaired) electrons. The Morgan fingerprint density at radius 3 is 2.94 bits per heavy atom. The van der Waals surface area contributed by atoms with Crippen molar-refractivity contribution in [2.24, 2.45) is 0 Å². The van der Waals surface area contributed by atoms with Gasteiger partial charge in [0.1, 0.15) is 0 Å². The van der Waals surface area contributed by atoms with Crippen LogP contribution in [0, 0.1) is 6.92 Å². The molecule has 1 aromatic heterocycles. The predicted molar refractivity (Wildman–Crippen MR) is 66.5 cm³/mol. The van der Waals surface area contributed by atoms with Gasteiger partial charge in [0.05, 0.1) is 16.9 Å². The lowest BCUT2D eigenvalue weighted by Crippen LogP contribution is -2.27. The number of rotatable bonds is 1. The maximum absolute atomic E-state index is 11.9. The van der Waals surface area contributed by atoms with E-state index in [9.17, 15) is 4.79 Å². The summed E-state index contributed by atoms with van der Waals surface area (Å²) in [6, 6.07) is 8.09. The molecule has 0 saturated carbocycles. The number of aromatic amines is 1. The van der Waals surface area contributed by atoms with Crippen LogP contribution in [0.25, 0.3) is 5.69 Å². The van der Waals surface area contributed by atoms with E-state index in [1.165, 1.54) is 5.56 Å². The average molecular weight is 229 g/mol. The Balaban J connectivity index is 2.22. The maximum atomic E-state index is 11.9. The van der Waals surface area contributed by atoms with E-state index in [2.05, 4.69) is 23.4 Å². The Hall–Kier alpha value is -1.81. The van der Waals surface area contributed by atoms with Crippen LogP contribution in [0.4, 0.5) is 0 Å². The number of aromatic nitrogens is 2. The van der Waals surface area contributed by atoms with E-state index in [1.807, 2.05) is 22.9 Å². The third-order valence-corrected chi connectivity index (χ3v) is 3.30. The number of hydrogen-bond acceptors (Lipinski definition) is 2. The molecule has 1 aromatic carbocycles. The zero-order valence-electron chi connectivity index (χ0n) is 9.79. The molecule has 4 heteroatoms. The number of nitrogens with one attached hydrogen (secondary N) is 2. The standard InChI is InChI=1S/C13H15N3O/c1-9-4-2-3-5-11(9)16-12-6-7-14-8-10(12)13(17)15-16/h2-5,14H,6-8H2,1H3,(H,15,17). The number of benzene rings is 1. The van der Waals surface area contributed by atoms with Crippen molar-refractivity contribution in [3.63, 3.8) is 0 Å². The highest BCUT2D eigenvalue weighted by atomic mass is 16.1. The van der Waals surface area contributed by atoms with Gasteiger partial charge >= 0.3 is 0 Å². The molecule has 0 aliphatic carbocycles. The number of para-hydroxylation sites is 1. The molecular weight excluding hydrogens is 214 g/mol. The molecule has 0 spiro atoms. The minimum Gasteiger partial charge on any atom is -0.312 e. The Morgan fingerprint density at radius 2 is 2.12 bits per heavy atom. The quantitative estimate of drug-likeness (QED) is 0.770. The fraction of sp³-hybridized carbons (Fsp3) is 0.308. The molecule has 0 bridgehead atoms. The fourth-order valence-corrected chi connectivity index (χ4v) is 2.39. The lowest BCUT2D eigenvalue weighted by molar-refractivity contribution is 0.622. The van der Waals surface area contributed by atoms with Gasteiger partial charge in [0.25, 0.3) is 5.56 Å². The first kappa shape index (κ1) is 10.4. The topological polar surface area (TPSA) is 49.8 Å². The number of nitrogens with zero attached hydrogens (tertiary/aromatic N) is 1. The summed E-state index contributed by atoms with van der Waals surface area (Å²) < 4.78 is 1.94. The van der Waals surface area contributed by atoms with Crippen molar-refractivity contribution in [3.05, 3.63) is 51.4 Å². The number of H-pyrrole nitrogens is 1. The second-order valence-corrected chi connectivity index (χ2v) is 4.41. The first-order valence-corrected chi connectivity index (χ1v) is 5.87. The molecule has 2 aromatic rings. The molecule has 0 amide bonds. The fourth-order valence-electron chi connectivity index (χ4n) is 2.39. The summed E-state index contributed by atoms with van der Waals surface area (Å²) in [5, 5.41) is 6.16.